The van der Waals surface area contributed by atoms with Crippen LogP contribution in [0.15, 0.2) is 29.3 Å². The van der Waals surface area contributed by atoms with E-state index in [1.165, 1.54) is 31.2 Å². The Labute approximate surface area is 110 Å². The van der Waals surface area contributed by atoms with Gasteiger partial charge in [0, 0.05) is 5.92 Å². The minimum Gasteiger partial charge on any atom is -0.387 e. The summed E-state index contributed by atoms with van der Waals surface area (Å²) in [7, 11) is 0. The van der Waals surface area contributed by atoms with Gasteiger partial charge in [0.15, 0.2) is 0 Å². The zero-order chi connectivity index (χ0) is 13.2. The Hall–Kier alpha value is -1.31. The molecule has 2 N–H and O–H groups in total. The van der Waals surface area contributed by atoms with Crippen molar-refractivity contribution in [1.29, 1.82) is 0 Å². The highest BCUT2D eigenvalue weighted by Crippen LogP contribution is 2.27. The quantitative estimate of drug-likeness (QED) is 0.615. The van der Waals surface area contributed by atoms with Gasteiger partial charge in [-0.1, -0.05) is 45.7 Å². The van der Waals surface area contributed by atoms with E-state index in [0.717, 1.165) is 11.5 Å². The number of nitrogens with zero attached hydrogens (tertiary/aromatic N) is 1. The van der Waals surface area contributed by atoms with E-state index in [9.17, 15) is 0 Å². The Morgan fingerprint density at radius 1 is 1.11 bits per heavy atom. The smallest absolute Gasteiger partial charge is 0.103 e. The molecule has 1 fully saturated rings. The highest BCUT2D eigenvalue weighted by Gasteiger charge is 2.18. The van der Waals surface area contributed by atoms with Crippen molar-refractivity contribution in [2.24, 2.45) is 16.6 Å². The van der Waals surface area contributed by atoms with Crippen LogP contribution in [0.25, 0.3) is 0 Å². The molecule has 0 amide bonds. The van der Waals surface area contributed by atoms with E-state index in [-0.39, 0.29) is 5.41 Å². The fraction of sp³-hybridized carbons (Fsp3) is 0.562. The Morgan fingerprint density at radius 3 is 2.17 bits per heavy atom. The SMILES string of the molecule is CC(C)(C)c1ccc(N=C(N)C2CCCC2)cc1. The molecule has 1 aromatic carbocycles. The van der Waals surface area contributed by atoms with Gasteiger partial charge in [-0.3, -0.25) is 0 Å². The number of nitrogens with two attached hydrogens (primary N) is 1. The molecule has 18 heavy (non-hydrogen) atoms. The molecule has 2 rings (SSSR count). The summed E-state index contributed by atoms with van der Waals surface area (Å²) in [6.07, 6.45) is 5.00. The van der Waals surface area contributed by atoms with Crippen molar-refractivity contribution in [1.82, 2.24) is 0 Å². The first kappa shape index (κ1) is 13.1. The van der Waals surface area contributed by atoms with Gasteiger partial charge in [0.1, 0.15) is 5.84 Å². The predicted molar refractivity (Wildman–Crippen MR) is 78.4 cm³/mol. The maximum atomic E-state index is 6.08. The lowest BCUT2D eigenvalue weighted by Gasteiger charge is -2.18. The lowest BCUT2D eigenvalue weighted by atomic mass is 9.87. The van der Waals surface area contributed by atoms with Crippen molar-refractivity contribution in [3.63, 3.8) is 0 Å². The first-order valence-electron chi connectivity index (χ1n) is 6.91. The molecule has 2 nitrogen and oxygen atoms in total. The van der Waals surface area contributed by atoms with Crippen LogP contribution in [0.5, 0.6) is 0 Å². The van der Waals surface area contributed by atoms with Gasteiger partial charge in [0.25, 0.3) is 0 Å². The molecule has 1 saturated carbocycles. The average molecular weight is 244 g/mol. The van der Waals surface area contributed by atoms with E-state index in [4.69, 9.17) is 5.73 Å². The van der Waals surface area contributed by atoms with Gasteiger partial charge in [0.05, 0.1) is 5.69 Å². The molecular weight excluding hydrogens is 220 g/mol. The molecule has 1 aliphatic carbocycles. The van der Waals surface area contributed by atoms with Crippen LogP contribution in [-0.2, 0) is 5.41 Å². The molecule has 0 atom stereocenters. The van der Waals surface area contributed by atoms with E-state index in [1.807, 2.05) is 0 Å². The molecule has 0 heterocycles. The summed E-state index contributed by atoms with van der Waals surface area (Å²) in [5.74, 6) is 1.32. The van der Waals surface area contributed by atoms with Crippen LogP contribution >= 0.6 is 0 Å². The van der Waals surface area contributed by atoms with Crippen LogP contribution in [0, 0.1) is 5.92 Å². The maximum absolute atomic E-state index is 6.08. The molecule has 0 spiro atoms. The third-order valence-corrected chi connectivity index (χ3v) is 3.76. The van der Waals surface area contributed by atoms with Gasteiger partial charge < -0.3 is 5.73 Å². The summed E-state index contributed by atoms with van der Waals surface area (Å²) in [4.78, 5) is 4.56. The monoisotopic (exact) mass is 244 g/mol. The maximum Gasteiger partial charge on any atom is 0.103 e. The van der Waals surface area contributed by atoms with Crippen molar-refractivity contribution in [3.05, 3.63) is 29.8 Å². The summed E-state index contributed by atoms with van der Waals surface area (Å²) in [5, 5.41) is 0. The topological polar surface area (TPSA) is 38.4 Å². The molecule has 0 unspecified atom stereocenters. The lowest BCUT2D eigenvalue weighted by Crippen LogP contribution is -2.20. The van der Waals surface area contributed by atoms with Crippen molar-refractivity contribution >= 4 is 11.5 Å². The summed E-state index contributed by atoms with van der Waals surface area (Å²) < 4.78 is 0. The summed E-state index contributed by atoms with van der Waals surface area (Å²) in [6.45, 7) is 6.66. The number of benzene rings is 1. The number of rotatable bonds is 2. The molecule has 0 bridgehead atoms. The van der Waals surface area contributed by atoms with Crippen molar-refractivity contribution in [2.75, 3.05) is 0 Å². The third-order valence-electron chi connectivity index (χ3n) is 3.76. The van der Waals surface area contributed by atoms with Gasteiger partial charge in [-0.2, -0.15) is 0 Å². The van der Waals surface area contributed by atoms with Crippen molar-refractivity contribution in [2.45, 2.75) is 51.9 Å². The Balaban J connectivity index is 2.12. The van der Waals surface area contributed by atoms with E-state index in [2.05, 4.69) is 50.0 Å². The van der Waals surface area contributed by atoms with Crippen LogP contribution in [0.2, 0.25) is 0 Å². The van der Waals surface area contributed by atoms with Gasteiger partial charge in [-0.25, -0.2) is 4.99 Å². The zero-order valence-electron chi connectivity index (χ0n) is 11.7. The fourth-order valence-electron chi connectivity index (χ4n) is 2.50. The van der Waals surface area contributed by atoms with Crippen LogP contribution in [0.1, 0.15) is 52.0 Å². The standard InChI is InChI=1S/C16H24N2/c1-16(2,3)13-8-10-14(11-9-13)18-15(17)12-6-4-5-7-12/h8-12H,4-7H2,1-3H3,(H2,17,18). The minimum atomic E-state index is 0.194. The van der Waals surface area contributed by atoms with Gasteiger partial charge in [-0.05, 0) is 36.0 Å². The lowest BCUT2D eigenvalue weighted by molar-refractivity contribution is 0.590. The second-order valence-electron chi connectivity index (χ2n) is 6.31. The van der Waals surface area contributed by atoms with Gasteiger partial charge in [0.2, 0.25) is 0 Å². The largest absolute Gasteiger partial charge is 0.387 e. The molecule has 0 aliphatic heterocycles. The summed E-state index contributed by atoms with van der Waals surface area (Å²) >= 11 is 0. The highest BCUT2D eigenvalue weighted by atomic mass is 14.9. The third kappa shape index (κ3) is 3.12. The summed E-state index contributed by atoms with van der Waals surface area (Å²) in [6, 6.07) is 8.45. The van der Waals surface area contributed by atoms with Crippen LogP contribution in [-0.4, -0.2) is 5.84 Å². The average Bonchev–Trinajstić information content (AvgIpc) is 2.82. The van der Waals surface area contributed by atoms with Gasteiger partial charge in [-0.15, -0.1) is 0 Å². The molecule has 0 saturated heterocycles. The minimum absolute atomic E-state index is 0.194. The van der Waals surface area contributed by atoms with E-state index < -0.39 is 0 Å². The molecule has 0 aromatic heterocycles. The Bertz CT molecular complexity index is 417. The Morgan fingerprint density at radius 2 is 1.67 bits per heavy atom. The molecule has 98 valence electrons. The zero-order valence-corrected chi connectivity index (χ0v) is 11.7. The molecular formula is C16H24N2. The molecule has 1 aromatic rings. The van der Waals surface area contributed by atoms with E-state index >= 15 is 0 Å². The van der Waals surface area contributed by atoms with Gasteiger partial charge >= 0.3 is 0 Å². The second kappa shape index (κ2) is 5.13. The number of amidine groups is 1. The second-order valence-corrected chi connectivity index (χ2v) is 6.31. The number of aliphatic imine (C=N–C) groups is 1. The normalized spacial score (nSPS) is 18.3. The highest BCUT2D eigenvalue weighted by molar-refractivity contribution is 5.85. The fourth-order valence-corrected chi connectivity index (χ4v) is 2.50. The van der Waals surface area contributed by atoms with Crippen molar-refractivity contribution in [3.8, 4) is 0 Å². The summed E-state index contributed by atoms with van der Waals surface area (Å²) in [5.41, 5.74) is 8.59. The first-order chi connectivity index (χ1) is 8.47. The molecule has 2 heteroatoms. The van der Waals surface area contributed by atoms with E-state index in [1.54, 1.807) is 0 Å². The molecule has 1 aliphatic rings. The van der Waals surface area contributed by atoms with Crippen LogP contribution in [0.3, 0.4) is 0 Å². The number of hydrogen-bond donors (Lipinski definition) is 1. The van der Waals surface area contributed by atoms with E-state index in [0.29, 0.717) is 5.92 Å². The molecule has 0 radical (unpaired) electrons. The van der Waals surface area contributed by atoms with Crippen LogP contribution < -0.4 is 5.73 Å². The predicted octanol–water partition coefficient (Wildman–Crippen LogP) is 4.16. The van der Waals surface area contributed by atoms with Crippen molar-refractivity contribution < 1.29 is 0 Å². The Kier molecular flexibility index (Phi) is 3.74. The first-order valence-corrected chi connectivity index (χ1v) is 6.91. The number of hydrogen-bond acceptors (Lipinski definition) is 1. The van der Waals surface area contributed by atoms with Crippen LogP contribution in [0.4, 0.5) is 5.69 Å².